The van der Waals surface area contributed by atoms with Crippen LogP contribution in [0.4, 0.5) is 0 Å². The average molecular weight is 208 g/mol. The van der Waals surface area contributed by atoms with Crippen molar-refractivity contribution in [2.75, 3.05) is 0 Å². The monoisotopic (exact) mass is 208 g/mol. The molecule has 0 spiro atoms. The van der Waals surface area contributed by atoms with Gasteiger partial charge in [0.1, 0.15) is 6.10 Å². The highest BCUT2D eigenvalue weighted by molar-refractivity contribution is 5.75. The summed E-state index contributed by atoms with van der Waals surface area (Å²) in [5.41, 5.74) is 0.404. The fraction of sp³-hybridized carbons (Fsp3) is 0.200. The van der Waals surface area contributed by atoms with Gasteiger partial charge in [0.05, 0.1) is 12.0 Å². The molecular weight excluding hydrogens is 198 g/mol. The van der Waals surface area contributed by atoms with Gasteiger partial charge in [0.2, 0.25) is 6.41 Å². The van der Waals surface area contributed by atoms with Crippen LogP contribution in [0.1, 0.15) is 11.7 Å². The maximum atomic E-state index is 10.6. The smallest absolute Gasteiger partial charge is 0.207 e. The number of benzene rings is 1. The minimum atomic E-state index is -1.53. The summed E-state index contributed by atoms with van der Waals surface area (Å²) in [6.45, 7) is 0. The fourth-order valence-electron chi connectivity index (χ4n) is 1.20. The van der Waals surface area contributed by atoms with Crippen LogP contribution in [-0.2, 0) is 9.59 Å². The lowest BCUT2D eigenvalue weighted by atomic mass is 10.0. The number of carbonyl (C=O) groups is 2. The lowest BCUT2D eigenvalue weighted by Crippen LogP contribution is -2.48. The third kappa shape index (κ3) is 2.78. The zero-order valence-corrected chi connectivity index (χ0v) is 7.79. The first kappa shape index (κ1) is 11.2. The first-order valence-electron chi connectivity index (χ1n) is 4.30. The van der Waals surface area contributed by atoms with Crippen molar-refractivity contribution < 1.29 is 19.8 Å². The Morgan fingerprint density at radius 1 is 1.40 bits per heavy atom. The number of carboxylic acid groups (broad SMARTS) is 1. The molecule has 0 aliphatic rings. The normalized spacial score (nSPS) is 13.9. The van der Waals surface area contributed by atoms with E-state index in [1.54, 1.807) is 30.3 Å². The molecule has 0 saturated heterocycles. The topological polar surface area (TPSA) is 89.5 Å². The molecule has 1 aromatic rings. The van der Waals surface area contributed by atoms with Gasteiger partial charge in [0.15, 0.2) is 0 Å². The van der Waals surface area contributed by atoms with Gasteiger partial charge in [-0.25, -0.2) is 0 Å². The second kappa shape index (κ2) is 5.11. The van der Waals surface area contributed by atoms with Crippen molar-refractivity contribution in [3.63, 3.8) is 0 Å². The van der Waals surface area contributed by atoms with E-state index in [9.17, 15) is 19.8 Å². The molecule has 0 aliphatic heterocycles. The molecule has 5 nitrogen and oxygen atoms in total. The summed E-state index contributed by atoms with van der Waals surface area (Å²) in [5, 5.41) is 22.2. The Morgan fingerprint density at radius 2 is 2.00 bits per heavy atom. The number of amides is 1. The van der Waals surface area contributed by atoms with Crippen LogP contribution in [0.15, 0.2) is 30.3 Å². The van der Waals surface area contributed by atoms with Gasteiger partial charge in [-0.3, -0.25) is 4.79 Å². The van der Waals surface area contributed by atoms with Crippen LogP contribution >= 0.6 is 0 Å². The summed E-state index contributed by atoms with van der Waals surface area (Å²) in [7, 11) is 0. The highest BCUT2D eigenvalue weighted by atomic mass is 16.4. The number of nitrogens with one attached hydrogen (secondary N) is 1. The molecule has 2 N–H and O–H groups in total. The molecule has 0 bridgehead atoms. The first-order chi connectivity index (χ1) is 7.16. The lowest BCUT2D eigenvalue weighted by Gasteiger charge is -2.23. The van der Waals surface area contributed by atoms with Gasteiger partial charge < -0.3 is 20.3 Å². The van der Waals surface area contributed by atoms with Crippen LogP contribution in [0.2, 0.25) is 0 Å². The van der Waals surface area contributed by atoms with Crippen LogP contribution in [0, 0.1) is 0 Å². The molecule has 0 aliphatic carbocycles. The Morgan fingerprint density at radius 3 is 2.47 bits per heavy atom. The molecule has 1 aromatic carbocycles. The molecule has 0 heterocycles. The summed E-state index contributed by atoms with van der Waals surface area (Å²) < 4.78 is 0. The molecule has 0 unspecified atom stereocenters. The molecule has 1 amide bonds. The highest BCUT2D eigenvalue weighted by Crippen LogP contribution is 2.15. The van der Waals surface area contributed by atoms with Crippen molar-refractivity contribution in [2.24, 2.45) is 0 Å². The SMILES string of the molecule is O=CN[C@@H](C(=O)[O-])[C@H](O)c1ccccc1. The van der Waals surface area contributed by atoms with E-state index in [1.807, 2.05) is 5.32 Å². The van der Waals surface area contributed by atoms with Crippen LogP contribution in [0.25, 0.3) is 0 Å². The van der Waals surface area contributed by atoms with Crippen LogP contribution in [0.3, 0.4) is 0 Å². The average Bonchev–Trinajstić information content (AvgIpc) is 2.26. The minimum absolute atomic E-state index is 0.215. The van der Waals surface area contributed by atoms with E-state index in [0.717, 1.165) is 0 Å². The van der Waals surface area contributed by atoms with Crippen molar-refractivity contribution in [3.05, 3.63) is 35.9 Å². The Hall–Kier alpha value is -1.88. The number of aliphatic hydroxyl groups is 1. The predicted octanol–water partition coefficient (Wildman–Crippen LogP) is -1.42. The zero-order chi connectivity index (χ0) is 11.3. The number of carboxylic acids is 1. The van der Waals surface area contributed by atoms with Gasteiger partial charge in [-0.2, -0.15) is 0 Å². The van der Waals surface area contributed by atoms with Gasteiger partial charge in [0.25, 0.3) is 0 Å². The van der Waals surface area contributed by atoms with Gasteiger partial charge in [0, 0.05) is 0 Å². The number of aliphatic carboxylic acids is 1. The molecule has 15 heavy (non-hydrogen) atoms. The molecule has 80 valence electrons. The van der Waals surface area contributed by atoms with Gasteiger partial charge >= 0.3 is 0 Å². The third-order valence-corrected chi connectivity index (χ3v) is 1.96. The van der Waals surface area contributed by atoms with Crippen molar-refractivity contribution >= 4 is 12.4 Å². The molecule has 5 heteroatoms. The van der Waals surface area contributed by atoms with E-state index in [0.29, 0.717) is 5.56 Å². The summed E-state index contributed by atoms with van der Waals surface area (Å²) in [5.74, 6) is -1.53. The third-order valence-electron chi connectivity index (χ3n) is 1.96. The Bertz CT molecular complexity index is 339. The van der Waals surface area contributed by atoms with Crippen molar-refractivity contribution in [1.82, 2.24) is 5.32 Å². The summed E-state index contributed by atoms with van der Waals surface area (Å²) in [6.07, 6.45) is -1.10. The Kier molecular flexibility index (Phi) is 3.82. The summed E-state index contributed by atoms with van der Waals surface area (Å²) >= 11 is 0. The maximum absolute atomic E-state index is 10.6. The second-order valence-corrected chi connectivity index (χ2v) is 2.94. The van der Waals surface area contributed by atoms with E-state index < -0.39 is 18.1 Å². The fourth-order valence-corrected chi connectivity index (χ4v) is 1.20. The van der Waals surface area contributed by atoms with E-state index in [2.05, 4.69) is 0 Å². The highest BCUT2D eigenvalue weighted by Gasteiger charge is 2.20. The molecule has 0 fully saturated rings. The quantitative estimate of drug-likeness (QED) is 0.581. The van der Waals surface area contributed by atoms with Gasteiger partial charge in [-0.15, -0.1) is 0 Å². The standard InChI is InChI=1S/C10H11NO4/c12-6-11-8(10(14)15)9(13)7-4-2-1-3-5-7/h1-6,8-9,13H,(H,11,12)(H,14,15)/p-1/t8-,9-/m1/s1. The number of rotatable bonds is 5. The number of hydrogen-bond donors (Lipinski definition) is 2. The van der Waals surface area contributed by atoms with Crippen molar-refractivity contribution in [1.29, 1.82) is 0 Å². The summed E-state index contributed by atoms with van der Waals surface area (Å²) in [4.78, 5) is 20.8. The number of hydrogen-bond acceptors (Lipinski definition) is 4. The van der Waals surface area contributed by atoms with E-state index in [4.69, 9.17) is 0 Å². The lowest BCUT2D eigenvalue weighted by molar-refractivity contribution is -0.310. The summed E-state index contributed by atoms with van der Waals surface area (Å²) in [6, 6.07) is 6.74. The molecule has 2 atom stereocenters. The molecular formula is C10H10NO4-. The number of carbonyl (C=O) groups excluding carboxylic acids is 2. The minimum Gasteiger partial charge on any atom is -0.548 e. The zero-order valence-electron chi connectivity index (χ0n) is 7.79. The van der Waals surface area contributed by atoms with Crippen LogP contribution < -0.4 is 10.4 Å². The van der Waals surface area contributed by atoms with E-state index in [-0.39, 0.29) is 6.41 Å². The Labute approximate surface area is 86.4 Å². The van der Waals surface area contributed by atoms with Crippen molar-refractivity contribution in [2.45, 2.75) is 12.1 Å². The molecule has 0 radical (unpaired) electrons. The molecule has 1 rings (SSSR count). The predicted molar refractivity (Wildman–Crippen MR) is 49.4 cm³/mol. The number of aliphatic hydroxyl groups excluding tert-OH is 1. The largest absolute Gasteiger partial charge is 0.548 e. The maximum Gasteiger partial charge on any atom is 0.207 e. The first-order valence-corrected chi connectivity index (χ1v) is 4.30. The second-order valence-electron chi connectivity index (χ2n) is 2.94. The van der Waals surface area contributed by atoms with Gasteiger partial charge in [-0.05, 0) is 5.56 Å². The van der Waals surface area contributed by atoms with E-state index >= 15 is 0 Å². The van der Waals surface area contributed by atoms with Gasteiger partial charge in [-0.1, -0.05) is 30.3 Å². The molecule has 0 saturated carbocycles. The van der Waals surface area contributed by atoms with Crippen molar-refractivity contribution in [3.8, 4) is 0 Å². The van der Waals surface area contributed by atoms with E-state index in [1.165, 1.54) is 0 Å². The molecule has 0 aromatic heterocycles. The Balaban J connectivity index is 2.85. The van der Waals surface area contributed by atoms with Crippen LogP contribution in [-0.4, -0.2) is 23.5 Å². The van der Waals surface area contributed by atoms with Crippen LogP contribution in [0.5, 0.6) is 0 Å².